The van der Waals surface area contributed by atoms with E-state index >= 15 is 0 Å². The van der Waals surface area contributed by atoms with Gasteiger partial charge in [-0.15, -0.1) is 11.8 Å². The highest BCUT2D eigenvalue weighted by Crippen LogP contribution is 2.30. The number of nitrogens with one attached hydrogen (secondary N) is 1. The van der Waals surface area contributed by atoms with E-state index in [-0.39, 0.29) is 17.5 Å². The largest absolute Gasteiger partial charge is 0.493 e. The Hall–Kier alpha value is -2.21. The van der Waals surface area contributed by atoms with Crippen LogP contribution < -0.4 is 14.8 Å². The van der Waals surface area contributed by atoms with Crippen molar-refractivity contribution >= 4 is 23.4 Å². The van der Waals surface area contributed by atoms with Crippen molar-refractivity contribution in [3.63, 3.8) is 0 Å². The number of rotatable bonds is 7. The fourth-order valence-corrected chi connectivity index (χ4v) is 2.60. The van der Waals surface area contributed by atoms with Crippen molar-refractivity contribution in [3.8, 4) is 11.5 Å². The maximum absolute atomic E-state index is 12.8. The van der Waals surface area contributed by atoms with Crippen LogP contribution in [0.15, 0.2) is 47.4 Å². The zero-order valence-corrected chi connectivity index (χ0v) is 13.8. The number of amides is 1. The summed E-state index contributed by atoms with van der Waals surface area (Å²) < 4.78 is 23.5. The van der Waals surface area contributed by atoms with Gasteiger partial charge in [0.15, 0.2) is 11.5 Å². The van der Waals surface area contributed by atoms with Gasteiger partial charge in [0.1, 0.15) is 5.82 Å². The Morgan fingerprint density at radius 1 is 1.17 bits per heavy atom. The van der Waals surface area contributed by atoms with Crippen molar-refractivity contribution in [3.05, 3.63) is 48.3 Å². The summed E-state index contributed by atoms with van der Waals surface area (Å²) in [5, 5.41) is 2.80. The van der Waals surface area contributed by atoms with Crippen LogP contribution in [-0.4, -0.2) is 25.4 Å². The minimum Gasteiger partial charge on any atom is -0.493 e. The molecule has 0 radical (unpaired) electrons. The highest BCUT2D eigenvalue weighted by Gasteiger charge is 2.08. The van der Waals surface area contributed by atoms with Crippen LogP contribution in [0.25, 0.3) is 0 Å². The first kappa shape index (κ1) is 17.1. The first-order valence-electron chi connectivity index (χ1n) is 7.11. The van der Waals surface area contributed by atoms with Gasteiger partial charge in [-0.1, -0.05) is 0 Å². The van der Waals surface area contributed by atoms with Gasteiger partial charge in [-0.3, -0.25) is 4.79 Å². The molecule has 2 aromatic rings. The summed E-state index contributed by atoms with van der Waals surface area (Å²) in [4.78, 5) is 12.8. The number of hydrogen-bond acceptors (Lipinski definition) is 4. The molecule has 2 rings (SSSR count). The van der Waals surface area contributed by atoms with Gasteiger partial charge in [-0.2, -0.15) is 0 Å². The Bertz CT molecular complexity index is 661. The zero-order valence-electron chi connectivity index (χ0n) is 13.0. The highest BCUT2D eigenvalue weighted by atomic mass is 32.2. The quantitative estimate of drug-likeness (QED) is 0.778. The Labute approximate surface area is 139 Å². The van der Waals surface area contributed by atoms with Gasteiger partial charge in [0.2, 0.25) is 5.91 Å². The second-order valence-electron chi connectivity index (χ2n) is 4.59. The predicted octanol–water partition coefficient (Wildman–Crippen LogP) is 3.96. The lowest BCUT2D eigenvalue weighted by Gasteiger charge is -2.11. The van der Waals surface area contributed by atoms with E-state index in [0.717, 1.165) is 4.90 Å². The Balaban J connectivity index is 1.93. The van der Waals surface area contributed by atoms with Crippen LogP contribution in [0.5, 0.6) is 11.5 Å². The van der Waals surface area contributed by atoms with E-state index in [1.807, 2.05) is 6.92 Å². The van der Waals surface area contributed by atoms with Gasteiger partial charge in [-0.05, 0) is 43.3 Å². The third-order valence-corrected chi connectivity index (χ3v) is 3.94. The molecular weight excluding hydrogens is 317 g/mol. The molecule has 1 amide bonds. The van der Waals surface area contributed by atoms with Gasteiger partial charge in [0.25, 0.3) is 0 Å². The molecule has 0 spiro atoms. The van der Waals surface area contributed by atoms with Crippen molar-refractivity contribution in [2.75, 3.05) is 24.8 Å². The second-order valence-corrected chi connectivity index (χ2v) is 5.64. The number of anilines is 1. The van der Waals surface area contributed by atoms with Crippen molar-refractivity contribution in [2.45, 2.75) is 11.8 Å². The van der Waals surface area contributed by atoms with Crippen molar-refractivity contribution < 1.29 is 18.7 Å². The molecule has 23 heavy (non-hydrogen) atoms. The number of halogens is 1. The van der Waals surface area contributed by atoms with Crippen LogP contribution in [0, 0.1) is 5.82 Å². The molecule has 0 saturated carbocycles. The average Bonchev–Trinajstić information content (AvgIpc) is 2.56. The molecule has 122 valence electrons. The number of methoxy groups -OCH3 is 1. The summed E-state index contributed by atoms with van der Waals surface area (Å²) in [6, 6.07) is 11.3. The Morgan fingerprint density at radius 3 is 2.57 bits per heavy atom. The minimum atomic E-state index is -0.291. The SMILES string of the molecule is CCOc1ccc(NC(=O)CSc2ccc(F)cc2)cc1OC. The lowest BCUT2D eigenvalue weighted by Crippen LogP contribution is -2.14. The molecule has 0 aliphatic carbocycles. The maximum Gasteiger partial charge on any atom is 0.234 e. The standard InChI is InChI=1S/C17H18FNO3S/c1-3-22-15-9-6-13(10-16(15)21-2)19-17(20)11-23-14-7-4-12(18)5-8-14/h4-10H,3,11H2,1-2H3,(H,19,20). The predicted molar refractivity (Wildman–Crippen MR) is 89.9 cm³/mol. The molecule has 0 bridgehead atoms. The van der Waals surface area contributed by atoms with E-state index < -0.39 is 0 Å². The highest BCUT2D eigenvalue weighted by molar-refractivity contribution is 8.00. The average molecular weight is 335 g/mol. The number of carbonyl (C=O) groups excluding carboxylic acids is 1. The van der Waals surface area contributed by atoms with Crippen LogP contribution in [-0.2, 0) is 4.79 Å². The van der Waals surface area contributed by atoms with E-state index in [1.165, 1.54) is 23.9 Å². The fraction of sp³-hybridized carbons (Fsp3) is 0.235. The number of thioether (sulfide) groups is 1. The van der Waals surface area contributed by atoms with Crippen LogP contribution >= 0.6 is 11.8 Å². The summed E-state index contributed by atoms with van der Waals surface area (Å²) in [7, 11) is 1.55. The van der Waals surface area contributed by atoms with Crippen LogP contribution in [0.3, 0.4) is 0 Å². The molecule has 0 heterocycles. The lowest BCUT2D eigenvalue weighted by molar-refractivity contribution is -0.113. The van der Waals surface area contributed by atoms with Crippen LogP contribution in [0.2, 0.25) is 0 Å². The lowest BCUT2D eigenvalue weighted by atomic mass is 10.2. The van der Waals surface area contributed by atoms with E-state index in [4.69, 9.17) is 9.47 Å². The van der Waals surface area contributed by atoms with Crippen molar-refractivity contribution in [1.29, 1.82) is 0 Å². The van der Waals surface area contributed by atoms with E-state index in [1.54, 1.807) is 37.4 Å². The van der Waals surface area contributed by atoms with E-state index in [0.29, 0.717) is 23.8 Å². The van der Waals surface area contributed by atoms with Gasteiger partial charge in [0, 0.05) is 16.6 Å². The summed E-state index contributed by atoms with van der Waals surface area (Å²) in [6.07, 6.45) is 0. The molecule has 2 aromatic carbocycles. The molecule has 6 heteroatoms. The summed E-state index contributed by atoms with van der Waals surface area (Å²) in [5.41, 5.74) is 0.634. The molecule has 0 atom stereocenters. The second kappa shape index (κ2) is 8.43. The van der Waals surface area contributed by atoms with Crippen molar-refractivity contribution in [2.24, 2.45) is 0 Å². The number of benzene rings is 2. The van der Waals surface area contributed by atoms with Gasteiger partial charge in [0.05, 0.1) is 19.5 Å². The van der Waals surface area contributed by atoms with E-state index in [2.05, 4.69) is 5.32 Å². The van der Waals surface area contributed by atoms with Crippen LogP contribution in [0.4, 0.5) is 10.1 Å². The third kappa shape index (κ3) is 5.17. The van der Waals surface area contributed by atoms with E-state index in [9.17, 15) is 9.18 Å². The van der Waals surface area contributed by atoms with Gasteiger partial charge < -0.3 is 14.8 Å². The molecule has 0 fully saturated rings. The van der Waals surface area contributed by atoms with Crippen LogP contribution in [0.1, 0.15) is 6.92 Å². The first-order chi connectivity index (χ1) is 11.1. The molecule has 0 aromatic heterocycles. The molecule has 0 unspecified atom stereocenters. The molecule has 0 aliphatic rings. The zero-order chi connectivity index (χ0) is 16.7. The molecular formula is C17H18FNO3S. The summed E-state index contributed by atoms with van der Waals surface area (Å²) >= 11 is 1.34. The topological polar surface area (TPSA) is 47.6 Å². The number of hydrogen-bond donors (Lipinski definition) is 1. The van der Waals surface area contributed by atoms with Gasteiger partial charge >= 0.3 is 0 Å². The fourth-order valence-electron chi connectivity index (χ4n) is 1.90. The molecule has 1 N–H and O–H groups in total. The maximum atomic E-state index is 12.8. The summed E-state index contributed by atoms with van der Waals surface area (Å²) in [6.45, 7) is 2.43. The van der Waals surface area contributed by atoms with Gasteiger partial charge in [-0.25, -0.2) is 4.39 Å². The number of ether oxygens (including phenoxy) is 2. The minimum absolute atomic E-state index is 0.148. The Morgan fingerprint density at radius 2 is 1.91 bits per heavy atom. The first-order valence-corrected chi connectivity index (χ1v) is 8.10. The monoisotopic (exact) mass is 335 g/mol. The van der Waals surface area contributed by atoms with Crippen molar-refractivity contribution in [1.82, 2.24) is 0 Å². The molecule has 0 aliphatic heterocycles. The Kier molecular flexibility index (Phi) is 6.29. The molecule has 0 saturated heterocycles. The number of carbonyl (C=O) groups is 1. The third-order valence-electron chi connectivity index (χ3n) is 2.93. The summed E-state index contributed by atoms with van der Waals surface area (Å²) in [5.74, 6) is 0.997. The normalized spacial score (nSPS) is 10.2. The smallest absolute Gasteiger partial charge is 0.234 e. The molecule has 4 nitrogen and oxygen atoms in total.